The van der Waals surface area contributed by atoms with Gasteiger partial charge in [0.05, 0.1) is 23.6 Å². The Morgan fingerprint density at radius 1 is 1.22 bits per heavy atom. The van der Waals surface area contributed by atoms with E-state index in [4.69, 9.17) is 16.3 Å². The summed E-state index contributed by atoms with van der Waals surface area (Å²) in [5.41, 5.74) is 0.948. The lowest BCUT2D eigenvalue weighted by Gasteiger charge is -2.09. The summed E-state index contributed by atoms with van der Waals surface area (Å²) >= 11 is 6.02. The van der Waals surface area contributed by atoms with Gasteiger partial charge in [-0.25, -0.2) is 9.18 Å². The molecule has 4 nitrogen and oxygen atoms in total. The molecule has 0 fully saturated rings. The van der Waals surface area contributed by atoms with Crippen molar-refractivity contribution in [1.82, 2.24) is 0 Å². The highest BCUT2D eigenvalue weighted by Crippen LogP contribution is 2.22. The van der Waals surface area contributed by atoms with Gasteiger partial charge in [0, 0.05) is 5.69 Å². The van der Waals surface area contributed by atoms with Crippen LogP contribution in [0.15, 0.2) is 42.5 Å². The zero-order chi connectivity index (χ0) is 16.8. The van der Waals surface area contributed by atoms with Crippen molar-refractivity contribution >= 4 is 29.2 Å². The highest BCUT2D eigenvalue weighted by Gasteiger charge is 2.13. The predicted molar refractivity (Wildman–Crippen MR) is 86.1 cm³/mol. The molecule has 0 saturated carbocycles. The van der Waals surface area contributed by atoms with Crippen molar-refractivity contribution in [2.45, 2.75) is 13.3 Å². The lowest BCUT2D eigenvalue weighted by molar-refractivity contribution is -0.115. The molecule has 23 heavy (non-hydrogen) atoms. The Morgan fingerprint density at radius 3 is 2.61 bits per heavy atom. The highest BCUT2D eigenvalue weighted by molar-refractivity contribution is 6.34. The molecule has 0 radical (unpaired) electrons. The van der Waals surface area contributed by atoms with Crippen LogP contribution >= 0.6 is 11.6 Å². The van der Waals surface area contributed by atoms with Crippen LogP contribution in [0.5, 0.6) is 0 Å². The molecule has 120 valence electrons. The normalized spacial score (nSPS) is 10.2. The van der Waals surface area contributed by atoms with Crippen LogP contribution in [0, 0.1) is 5.82 Å². The first kappa shape index (κ1) is 17.0. The number of ether oxygens (including phenoxy) is 1. The fourth-order valence-corrected chi connectivity index (χ4v) is 2.24. The largest absolute Gasteiger partial charge is 0.462 e. The van der Waals surface area contributed by atoms with Crippen molar-refractivity contribution in [3.8, 4) is 0 Å². The SMILES string of the molecule is CCOC(=O)c1ccc(NC(=O)Cc2ccccc2F)cc1Cl. The highest BCUT2D eigenvalue weighted by atomic mass is 35.5. The quantitative estimate of drug-likeness (QED) is 0.845. The van der Waals surface area contributed by atoms with E-state index in [1.165, 1.54) is 24.3 Å². The van der Waals surface area contributed by atoms with Gasteiger partial charge >= 0.3 is 5.97 Å². The van der Waals surface area contributed by atoms with Crippen LogP contribution in [0.2, 0.25) is 5.02 Å². The number of halogens is 2. The molecule has 1 N–H and O–H groups in total. The number of carbonyl (C=O) groups excluding carboxylic acids is 2. The fourth-order valence-electron chi connectivity index (χ4n) is 1.99. The Morgan fingerprint density at radius 2 is 1.96 bits per heavy atom. The molecule has 0 unspecified atom stereocenters. The van der Waals surface area contributed by atoms with Gasteiger partial charge in [-0.2, -0.15) is 0 Å². The number of nitrogens with one attached hydrogen (secondary N) is 1. The third kappa shape index (κ3) is 4.53. The number of rotatable bonds is 5. The third-order valence-corrected chi connectivity index (χ3v) is 3.37. The maximum absolute atomic E-state index is 13.5. The van der Waals surface area contributed by atoms with Crippen LogP contribution in [0.3, 0.4) is 0 Å². The number of anilines is 1. The van der Waals surface area contributed by atoms with Crippen molar-refractivity contribution in [2.24, 2.45) is 0 Å². The minimum Gasteiger partial charge on any atom is -0.462 e. The average molecular weight is 336 g/mol. The molecule has 0 saturated heterocycles. The van der Waals surface area contributed by atoms with Crippen molar-refractivity contribution in [2.75, 3.05) is 11.9 Å². The lowest BCUT2D eigenvalue weighted by Crippen LogP contribution is -2.15. The number of hydrogen-bond donors (Lipinski definition) is 1. The summed E-state index contributed by atoms with van der Waals surface area (Å²) in [5, 5.41) is 2.79. The van der Waals surface area contributed by atoms with Crippen molar-refractivity contribution in [3.05, 3.63) is 64.4 Å². The van der Waals surface area contributed by atoms with Crippen LogP contribution in [0.4, 0.5) is 10.1 Å². The van der Waals surface area contributed by atoms with Crippen LogP contribution in [-0.2, 0) is 16.0 Å². The fraction of sp³-hybridized carbons (Fsp3) is 0.176. The summed E-state index contributed by atoms with van der Waals surface area (Å²) in [6.45, 7) is 1.94. The van der Waals surface area contributed by atoms with E-state index in [0.29, 0.717) is 11.3 Å². The molecule has 0 bridgehead atoms. The maximum atomic E-state index is 13.5. The average Bonchev–Trinajstić information content (AvgIpc) is 2.50. The zero-order valence-corrected chi connectivity index (χ0v) is 13.2. The van der Waals surface area contributed by atoms with Gasteiger partial charge in [-0.05, 0) is 36.8 Å². The van der Waals surface area contributed by atoms with Gasteiger partial charge in [0.25, 0.3) is 0 Å². The molecule has 0 aliphatic heterocycles. The molecule has 1 amide bonds. The van der Waals surface area contributed by atoms with Crippen molar-refractivity contribution in [1.29, 1.82) is 0 Å². The molecule has 0 spiro atoms. The second-order valence-electron chi connectivity index (χ2n) is 4.73. The summed E-state index contributed by atoms with van der Waals surface area (Å²) in [6, 6.07) is 10.5. The number of esters is 1. The summed E-state index contributed by atoms with van der Waals surface area (Å²) < 4.78 is 18.4. The van der Waals surface area contributed by atoms with E-state index in [1.807, 2.05) is 0 Å². The molecule has 0 heterocycles. The lowest BCUT2D eigenvalue weighted by atomic mass is 10.1. The molecular weight excluding hydrogens is 321 g/mol. The first-order chi connectivity index (χ1) is 11.0. The molecule has 2 aromatic rings. The Balaban J connectivity index is 2.06. The standard InChI is InChI=1S/C17H15ClFNO3/c1-2-23-17(22)13-8-7-12(10-14(13)18)20-16(21)9-11-5-3-4-6-15(11)19/h3-8,10H,2,9H2,1H3,(H,20,21). The van der Waals surface area contributed by atoms with Gasteiger partial charge in [0.2, 0.25) is 5.91 Å². The number of amides is 1. The van der Waals surface area contributed by atoms with Crippen LogP contribution in [-0.4, -0.2) is 18.5 Å². The summed E-state index contributed by atoms with van der Waals surface area (Å²) in [6.07, 6.45) is -0.0933. The minimum absolute atomic E-state index is 0.0933. The van der Waals surface area contributed by atoms with Crippen LogP contribution in [0.25, 0.3) is 0 Å². The van der Waals surface area contributed by atoms with Crippen molar-refractivity contribution in [3.63, 3.8) is 0 Å². The smallest absolute Gasteiger partial charge is 0.339 e. The van der Waals surface area contributed by atoms with E-state index in [2.05, 4.69) is 5.32 Å². The molecule has 0 aromatic heterocycles. The molecule has 6 heteroatoms. The number of benzene rings is 2. The number of hydrogen-bond acceptors (Lipinski definition) is 3. The van der Waals surface area contributed by atoms with E-state index < -0.39 is 11.8 Å². The topological polar surface area (TPSA) is 55.4 Å². The van der Waals surface area contributed by atoms with E-state index in [0.717, 1.165) is 0 Å². The molecule has 0 atom stereocenters. The molecule has 2 rings (SSSR count). The predicted octanol–water partition coefficient (Wildman–Crippen LogP) is 3.84. The monoisotopic (exact) mass is 335 g/mol. The Hall–Kier alpha value is -2.40. The van der Waals surface area contributed by atoms with Crippen LogP contribution in [0.1, 0.15) is 22.8 Å². The molecule has 0 aliphatic carbocycles. The van der Waals surface area contributed by atoms with E-state index >= 15 is 0 Å². The summed E-state index contributed by atoms with van der Waals surface area (Å²) in [7, 11) is 0. The Kier molecular flexibility index (Phi) is 5.71. The Labute approximate surface area is 138 Å². The van der Waals surface area contributed by atoms with Crippen LogP contribution < -0.4 is 5.32 Å². The molecule has 0 aliphatic rings. The zero-order valence-electron chi connectivity index (χ0n) is 12.4. The van der Waals surface area contributed by atoms with Gasteiger partial charge in [0.1, 0.15) is 5.82 Å². The molecular formula is C17H15ClFNO3. The minimum atomic E-state index is -0.526. The van der Waals surface area contributed by atoms with E-state index in [1.54, 1.807) is 25.1 Å². The van der Waals surface area contributed by atoms with Gasteiger partial charge < -0.3 is 10.1 Å². The maximum Gasteiger partial charge on any atom is 0.339 e. The number of carbonyl (C=O) groups is 2. The second-order valence-corrected chi connectivity index (χ2v) is 5.14. The van der Waals surface area contributed by atoms with Crippen molar-refractivity contribution < 1.29 is 18.7 Å². The van der Waals surface area contributed by atoms with E-state index in [9.17, 15) is 14.0 Å². The third-order valence-electron chi connectivity index (χ3n) is 3.06. The Bertz CT molecular complexity index is 734. The van der Waals surface area contributed by atoms with Gasteiger partial charge in [0.15, 0.2) is 0 Å². The van der Waals surface area contributed by atoms with E-state index in [-0.39, 0.29) is 29.5 Å². The van der Waals surface area contributed by atoms with Gasteiger partial charge in [-0.3, -0.25) is 4.79 Å². The first-order valence-electron chi connectivity index (χ1n) is 7.01. The first-order valence-corrected chi connectivity index (χ1v) is 7.39. The summed E-state index contributed by atoms with van der Waals surface area (Å²) in [5.74, 6) is -1.34. The second kappa shape index (κ2) is 7.74. The van der Waals surface area contributed by atoms with Gasteiger partial charge in [-0.1, -0.05) is 29.8 Å². The molecule has 2 aromatic carbocycles. The summed E-state index contributed by atoms with van der Waals surface area (Å²) in [4.78, 5) is 23.6. The van der Waals surface area contributed by atoms with Gasteiger partial charge in [-0.15, -0.1) is 0 Å².